The van der Waals surface area contributed by atoms with Gasteiger partial charge in [0, 0.05) is 17.9 Å². The minimum absolute atomic E-state index is 0.103. The van der Waals surface area contributed by atoms with Crippen molar-refractivity contribution in [2.24, 2.45) is 0 Å². The van der Waals surface area contributed by atoms with E-state index in [1.807, 2.05) is 6.92 Å². The van der Waals surface area contributed by atoms with Crippen LogP contribution in [0.1, 0.15) is 12.2 Å². The lowest BCUT2D eigenvalue weighted by Crippen LogP contribution is -2.13. The molecule has 0 bridgehead atoms. The molecular weight excluding hydrogens is 299 g/mol. The maximum absolute atomic E-state index is 13.4. The number of nitrogen functional groups attached to an aromatic ring is 1. The highest BCUT2D eigenvalue weighted by molar-refractivity contribution is 8.00. The number of carbonyl (C=O) groups is 1. The van der Waals surface area contributed by atoms with Crippen LogP contribution in [0.15, 0.2) is 22.5 Å². The maximum Gasteiger partial charge on any atom is 0.225 e. The van der Waals surface area contributed by atoms with Gasteiger partial charge in [-0.15, -0.1) is 0 Å². The lowest BCUT2D eigenvalue weighted by molar-refractivity contribution is -0.115. The van der Waals surface area contributed by atoms with Gasteiger partial charge in [-0.1, -0.05) is 11.8 Å². The van der Waals surface area contributed by atoms with Crippen molar-refractivity contribution in [2.75, 3.05) is 16.8 Å². The van der Waals surface area contributed by atoms with Crippen LogP contribution < -0.4 is 11.1 Å². The molecule has 1 heterocycles. The topological polar surface area (TPSA) is 80.9 Å². The molecule has 0 atom stereocenters. The predicted octanol–water partition coefficient (Wildman–Crippen LogP) is 2.69. The van der Waals surface area contributed by atoms with Crippen molar-refractivity contribution in [3.63, 3.8) is 0 Å². The minimum Gasteiger partial charge on any atom is -0.399 e. The van der Waals surface area contributed by atoms with Gasteiger partial charge in [-0.3, -0.25) is 4.79 Å². The van der Waals surface area contributed by atoms with Crippen LogP contribution in [-0.4, -0.2) is 21.0 Å². The number of thioether (sulfide) groups is 1. The number of nitrogens with two attached hydrogens (primary N) is 1. The van der Waals surface area contributed by atoms with Gasteiger partial charge in [0.05, 0.1) is 5.69 Å². The van der Waals surface area contributed by atoms with Crippen molar-refractivity contribution in [3.8, 4) is 0 Å². The van der Waals surface area contributed by atoms with Crippen molar-refractivity contribution in [3.05, 3.63) is 29.8 Å². The summed E-state index contributed by atoms with van der Waals surface area (Å²) in [4.78, 5) is 15.9. The molecule has 0 fully saturated rings. The lowest BCUT2D eigenvalue weighted by Gasteiger charge is -2.06. The van der Waals surface area contributed by atoms with Crippen molar-refractivity contribution in [1.82, 2.24) is 9.36 Å². The Morgan fingerprint density at radius 3 is 3.05 bits per heavy atom. The Labute approximate surface area is 124 Å². The summed E-state index contributed by atoms with van der Waals surface area (Å²) in [7, 11) is 0. The first-order valence-electron chi connectivity index (χ1n) is 5.82. The molecular formula is C12H13FN4OS2. The number of aryl methyl sites for hydroxylation is 1. The number of benzene rings is 1. The zero-order valence-corrected chi connectivity index (χ0v) is 12.4. The predicted molar refractivity (Wildman–Crippen MR) is 79.4 cm³/mol. The van der Waals surface area contributed by atoms with E-state index >= 15 is 0 Å². The van der Waals surface area contributed by atoms with Gasteiger partial charge in [-0.2, -0.15) is 4.37 Å². The van der Waals surface area contributed by atoms with E-state index < -0.39 is 5.82 Å². The van der Waals surface area contributed by atoms with E-state index in [1.165, 1.54) is 41.5 Å². The maximum atomic E-state index is 13.4. The summed E-state index contributed by atoms with van der Waals surface area (Å²) in [5.41, 5.74) is 6.05. The molecule has 2 aromatic rings. The molecule has 20 heavy (non-hydrogen) atoms. The van der Waals surface area contributed by atoms with Crippen LogP contribution in [0.2, 0.25) is 0 Å². The SMILES string of the molecule is Cc1nsc(SCCC(=O)Nc2cc(N)ccc2F)n1. The molecule has 8 heteroatoms. The van der Waals surface area contributed by atoms with Crippen LogP contribution in [0.5, 0.6) is 0 Å². The van der Waals surface area contributed by atoms with E-state index in [9.17, 15) is 9.18 Å². The number of amides is 1. The summed E-state index contributed by atoms with van der Waals surface area (Å²) in [5, 5.41) is 2.50. The monoisotopic (exact) mass is 312 g/mol. The third-order valence-electron chi connectivity index (χ3n) is 2.33. The Balaban J connectivity index is 1.82. The molecule has 1 aromatic carbocycles. The third kappa shape index (κ3) is 4.17. The van der Waals surface area contributed by atoms with Crippen LogP contribution in [0.25, 0.3) is 0 Å². The standard InChI is InChI=1S/C12H13FN4OS2/c1-7-15-12(20-17-7)19-5-4-11(18)16-10-6-8(14)2-3-9(10)13/h2-3,6H,4-5,14H2,1H3,(H,16,18). The fourth-order valence-electron chi connectivity index (χ4n) is 1.42. The van der Waals surface area contributed by atoms with Crippen molar-refractivity contribution >= 4 is 40.6 Å². The number of hydrogen-bond acceptors (Lipinski definition) is 6. The van der Waals surface area contributed by atoms with E-state index in [-0.39, 0.29) is 18.0 Å². The summed E-state index contributed by atoms with van der Waals surface area (Å²) in [5.74, 6) is 0.525. The normalized spacial score (nSPS) is 10.5. The quantitative estimate of drug-likeness (QED) is 0.655. The number of rotatable bonds is 5. The van der Waals surface area contributed by atoms with Gasteiger partial charge in [0.25, 0.3) is 0 Å². The van der Waals surface area contributed by atoms with Crippen LogP contribution >= 0.6 is 23.3 Å². The van der Waals surface area contributed by atoms with Gasteiger partial charge in [-0.25, -0.2) is 9.37 Å². The number of hydrogen-bond donors (Lipinski definition) is 2. The van der Waals surface area contributed by atoms with E-state index in [4.69, 9.17) is 5.73 Å². The molecule has 0 aliphatic carbocycles. The second-order valence-corrected chi connectivity index (χ2v) is 6.09. The number of anilines is 2. The van der Waals surface area contributed by atoms with E-state index in [0.717, 1.165) is 10.2 Å². The Bertz CT molecular complexity index is 617. The lowest BCUT2D eigenvalue weighted by atomic mass is 10.2. The number of nitrogens with zero attached hydrogens (tertiary/aromatic N) is 2. The van der Waals surface area contributed by atoms with Gasteiger partial charge in [0.2, 0.25) is 5.91 Å². The summed E-state index contributed by atoms with van der Waals surface area (Å²) in [6.07, 6.45) is 0.261. The first-order chi connectivity index (χ1) is 9.54. The van der Waals surface area contributed by atoms with Gasteiger partial charge in [0.15, 0.2) is 4.34 Å². The minimum atomic E-state index is -0.500. The molecule has 0 aliphatic rings. The van der Waals surface area contributed by atoms with Crippen LogP contribution in [-0.2, 0) is 4.79 Å². The van der Waals surface area contributed by atoms with Crippen LogP contribution in [0.3, 0.4) is 0 Å². The van der Waals surface area contributed by atoms with Gasteiger partial charge >= 0.3 is 0 Å². The molecule has 0 radical (unpaired) electrons. The van der Waals surface area contributed by atoms with Crippen LogP contribution in [0.4, 0.5) is 15.8 Å². The molecule has 1 aromatic heterocycles. The highest BCUT2D eigenvalue weighted by Crippen LogP contribution is 2.21. The average Bonchev–Trinajstić information content (AvgIpc) is 2.80. The Hall–Kier alpha value is -1.67. The zero-order chi connectivity index (χ0) is 14.5. The molecule has 0 saturated carbocycles. The molecule has 0 aliphatic heterocycles. The molecule has 2 rings (SSSR count). The van der Waals surface area contributed by atoms with E-state index in [1.54, 1.807) is 0 Å². The Morgan fingerprint density at radius 2 is 2.35 bits per heavy atom. The zero-order valence-electron chi connectivity index (χ0n) is 10.7. The number of nitrogens with one attached hydrogen (secondary N) is 1. The smallest absolute Gasteiger partial charge is 0.225 e. The Kier molecular flexibility index (Phi) is 4.91. The largest absolute Gasteiger partial charge is 0.399 e. The molecule has 3 N–H and O–H groups in total. The molecule has 106 valence electrons. The highest BCUT2D eigenvalue weighted by atomic mass is 32.2. The molecule has 1 amide bonds. The third-order valence-corrected chi connectivity index (χ3v) is 4.25. The fraction of sp³-hybridized carbons (Fsp3) is 0.250. The molecule has 0 spiro atoms. The van der Waals surface area contributed by atoms with Crippen molar-refractivity contribution in [2.45, 2.75) is 17.7 Å². The van der Waals surface area contributed by atoms with Gasteiger partial charge in [-0.05, 0) is 36.7 Å². The summed E-state index contributed by atoms with van der Waals surface area (Å²) >= 11 is 2.76. The molecule has 5 nitrogen and oxygen atoms in total. The van der Waals surface area contributed by atoms with E-state index in [2.05, 4.69) is 14.7 Å². The average molecular weight is 312 g/mol. The van der Waals surface area contributed by atoms with Gasteiger partial charge < -0.3 is 11.1 Å². The summed E-state index contributed by atoms with van der Waals surface area (Å²) in [6.45, 7) is 1.82. The number of aromatic nitrogens is 2. The first-order valence-corrected chi connectivity index (χ1v) is 7.58. The summed E-state index contributed by atoms with van der Waals surface area (Å²) in [6, 6.07) is 4.07. The highest BCUT2D eigenvalue weighted by Gasteiger charge is 2.08. The first kappa shape index (κ1) is 14.7. The number of carbonyl (C=O) groups excluding carboxylic acids is 1. The second kappa shape index (κ2) is 6.67. The van der Waals surface area contributed by atoms with Crippen molar-refractivity contribution < 1.29 is 9.18 Å². The Morgan fingerprint density at radius 1 is 1.55 bits per heavy atom. The van der Waals surface area contributed by atoms with E-state index in [0.29, 0.717) is 11.4 Å². The van der Waals surface area contributed by atoms with Gasteiger partial charge in [0.1, 0.15) is 11.6 Å². The fourth-order valence-corrected chi connectivity index (χ4v) is 3.07. The second-order valence-electron chi connectivity index (χ2n) is 3.99. The molecule has 0 unspecified atom stereocenters. The van der Waals surface area contributed by atoms with Crippen LogP contribution in [0, 0.1) is 12.7 Å². The summed E-state index contributed by atoms with van der Waals surface area (Å²) < 4.78 is 18.3. The number of halogens is 1. The van der Waals surface area contributed by atoms with Crippen molar-refractivity contribution in [1.29, 1.82) is 0 Å². The molecule has 0 saturated heterocycles.